The molecule has 160 valence electrons. The number of aromatic nitrogens is 1. The highest BCUT2D eigenvalue weighted by atomic mass is 127. The fourth-order valence-electron chi connectivity index (χ4n) is 2.35. The average molecular weight is 515 g/mol. The Kier molecular flexibility index (Phi) is 11.1. The van der Waals surface area contributed by atoms with Crippen LogP contribution >= 0.6 is 24.0 Å². The van der Waals surface area contributed by atoms with Gasteiger partial charge in [-0.3, -0.25) is 4.79 Å². The summed E-state index contributed by atoms with van der Waals surface area (Å²) in [5, 5.41) is 13.1. The van der Waals surface area contributed by atoms with E-state index >= 15 is 0 Å². The molecule has 8 nitrogen and oxygen atoms in total. The summed E-state index contributed by atoms with van der Waals surface area (Å²) in [4.78, 5) is 16.4. The summed E-state index contributed by atoms with van der Waals surface area (Å²) < 4.78 is 10.4. The Morgan fingerprint density at radius 3 is 2.48 bits per heavy atom. The normalized spacial score (nSPS) is 11.0. The van der Waals surface area contributed by atoms with Crippen molar-refractivity contribution in [1.82, 2.24) is 21.1 Å². The van der Waals surface area contributed by atoms with Crippen LogP contribution in [0, 0.1) is 0 Å². The summed E-state index contributed by atoms with van der Waals surface area (Å²) in [7, 11) is 1.62. The highest BCUT2D eigenvalue weighted by molar-refractivity contribution is 14.0. The number of hydrogen-bond acceptors (Lipinski definition) is 5. The van der Waals surface area contributed by atoms with Gasteiger partial charge in [0.2, 0.25) is 5.91 Å². The molecule has 0 radical (unpaired) electrons. The Balaban J connectivity index is 0.00000420. The van der Waals surface area contributed by atoms with Crippen molar-refractivity contribution >= 4 is 35.8 Å². The highest BCUT2D eigenvalue weighted by Gasteiger charge is 2.08. The first kappa shape index (κ1) is 24.7. The highest BCUT2D eigenvalue weighted by Crippen LogP contribution is 2.13. The Bertz CT molecular complexity index is 775. The number of nitrogens with one attached hydrogen (secondary N) is 3. The first-order chi connectivity index (χ1) is 13.5. The standard InChI is InChI=1S/C20H29N5O3.HI/c1-5-21-20(23-12-17-10-18(14(2)3)25-28-17)24-13-19(26)22-11-15-6-8-16(27-4)9-7-15;/h6-10,14H,5,11-13H2,1-4H3,(H,22,26)(H2,21,23,24);1H. The molecule has 9 heteroatoms. The summed E-state index contributed by atoms with van der Waals surface area (Å²) in [6.07, 6.45) is 0. The molecule has 0 aliphatic carbocycles. The van der Waals surface area contributed by atoms with E-state index in [-0.39, 0.29) is 36.4 Å². The van der Waals surface area contributed by atoms with Crippen molar-refractivity contribution in [3.05, 3.63) is 47.3 Å². The van der Waals surface area contributed by atoms with Crippen molar-refractivity contribution < 1.29 is 14.1 Å². The maximum atomic E-state index is 12.1. The zero-order chi connectivity index (χ0) is 20.4. The second kappa shape index (κ2) is 13.0. The molecule has 3 N–H and O–H groups in total. The smallest absolute Gasteiger partial charge is 0.242 e. The number of carbonyl (C=O) groups is 1. The largest absolute Gasteiger partial charge is 0.497 e. The summed E-state index contributed by atoms with van der Waals surface area (Å²) in [5.74, 6) is 2.21. The van der Waals surface area contributed by atoms with Gasteiger partial charge in [0.1, 0.15) is 12.3 Å². The minimum atomic E-state index is -0.158. The van der Waals surface area contributed by atoms with Gasteiger partial charge in [0, 0.05) is 19.2 Å². The van der Waals surface area contributed by atoms with Crippen molar-refractivity contribution in [2.75, 3.05) is 20.2 Å². The van der Waals surface area contributed by atoms with E-state index < -0.39 is 0 Å². The number of benzene rings is 1. The zero-order valence-corrected chi connectivity index (χ0v) is 19.7. The maximum absolute atomic E-state index is 12.1. The van der Waals surface area contributed by atoms with E-state index in [1.54, 1.807) is 7.11 Å². The van der Waals surface area contributed by atoms with E-state index in [0.717, 1.165) is 22.8 Å². The van der Waals surface area contributed by atoms with E-state index in [0.29, 0.717) is 31.5 Å². The molecule has 29 heavy (non-hydrogen) atoms. The third kappa shape index (κ3) is 8.71. The molecule has 0 saturated heterocycles. The average Bonchev–Trinajstić information content (AvgIpc) is 3.18. The van der Waals surface area contributed by atoms with E-state index in [4.69, 9.17) is 9.26 Å². The number of methoxy groups -OCH3 is 1. The minimum Gasteiger partial charge on any atom is -0.497 e. The second-order valence-electron chi connectivity index (χ2n) is 6.55. The van der Waals surface area contributed by atoms with Crippen LogP contribution < -0.4 is 20.7 Å². The third-order valence-corrected chi connectivity index (χ3v) is 3.97. The predicted octanol–water partition coefficient (Wildman–Crippen LogP) is 2.80. The summed E-state index contributed by atoms with van der Waals surface area (Å²) in [5.41, 5.74) is 1.91. The van der Waals surface area contributed by atoms with Crippen LogP contribution in [0.15, 0.2) is 39.8 Å². The second-order valence-corrected chi connectivity index (χ2v) is 6.55. The van der Waals surface area contributed by atoms with E-state index in [2.05, 4.69) is 39.9 Å². The molecule has 0 aliphatic rings. The summed E-state index contributed by atoms with van der Waals surface area (Å²) in [6.45, 7) is 7.69. The number of ether oxygens (including phenoxy) is 1. The fraction of sp³-hybridized carbons (Fsp3) is 0.450. The lowest BCUT2D eigenvalue weighted by Crippen LogP contribution is -2.38. The zero-order valence-electron chi connectivity index (χ0n) is 17.3. The minimum absolute atomic E-state index is 0. The van der Waals surface area contributed by atoms with Gasteiger partial charge in [0.05, 0.1) is 19.3 Å². The van der Waals surface area contributed by atoms with Crippen LogP contribution in [0.3, 0.4) is 0 Å². The van der Waals surface area contributed by atoms with Crippen LogP contribution in [0.4, 0.5) is 0 Å². The van der Waals surface area contributed by atoms with Crippen LogP contribution in [0.5, 0.6) is 5.75 Å². The van der Waals surface area contributed by atoms with E-state index in [1.807, 2.05) is 37.3 Å². The number of aliphatic imine (C=N–C) groups is 1. The molecule has 0 spiro atoms. The van der Waals surface area contributed by atoms with Crippen LogP contribution in [0.1, 0.15) is 43.7 Å². The van der Waals surface area contributed by atoms with E-state index in [1.165, 1.54) is 0 Å². The van der Waals surface area contributed by atoms with Gasteiger partial charge in [-0.2, -0.15) is 0 Å². The lowest BCUT2D eigenvalue weighted by atomic mass is 10.1. The molecular weight excluding hydrogens is 485 g/mol. The molecule has 0 bridgehead atoms. The van der Waals surface area contributed by atoms with Gasteiger partial charge >= 0.3 is 0 Å². The number of rotatable bonds is 9. The summed E-state index contributed by atoms with van der Waals surface area (Å²) >= 11 is 0. The van der Waals surface area contributed by atoms with Crippen molar-refractivity contribution in [3.63, 3.8) is 0 Å². The molecule has 1 amide bonds. The quantitative estimate of drug-likeness (QED) is 0.270. The van der Waals surface area contributed by atoms with Gasteiger partial charge < -0.3 is 25.2 Å². The molecule has 2 aromatic rings. The van der Waals surface area contributed by atoms with Gasteiger partial charge in [0.25, 0.3) is 0 Å². The summed E-state index contributed by atoms with van der Waals surface area (Å²) in [6, 6.07) is 9.47. The van der Waals surface area contributed by atoms with Gasteiger partial charge in [0.15, 0.2) is 11.7 Å². The van der Waals surface area contributed by atoms with Crippen molar-refractivity contribution in [3.8, 4) is 5.75 Å². The van der Waals surface area contributed by atoms with Crippen LogP contribution in [0.25, 0.3) is 0 Å². The molecule has 0 saturated carbocycles. The molecule has 0 aliphatic heterocycles. The number of halogens is 1. The first-order valence-electron chi connectivity index (χ1n) is 9.39. The Labute approximate surface area is 188 Å². The molecule has 0 fully saturated rings. The molecule has 1 aromatic heterocycles. The number of guanidine groups is 1. The van der Waals surface area contributed by atoms with Gasteiger partial charge in [-0.25, -0.2) is 4.99 Å². The van der Waals surface area contributed by atoms with Crippen molar-refractivity contribution in [1.29, 1.82) is 0 Å². The number of amides is 1. The number of carbonyl (C=O) groups excluding carboxylic acids is 1. The van der Waals surface area contributed by atoms with Crippen LogP contribution in [-0.2, 0) is 17.9 Å². The van der Waals surface area contributed by atoms with Crippen molar-refractivity contribution in [2.24, 2.45) is 4.99 Å². The lowest BCUT2D eigenvalue weighted by molar-refractivity contribution is -0.119. The van der Waals surface area contributed by atoms with Crippen LogP contribution in [0.2, 0.25) is 0 Å². The molecular formula is C20H30IN5O3. The van der Waals surface area contributed by atoms with E-state index in [9.17, 15) is 4.79 Å². The molecule has 0 unspecified atom stereocenters. The van der Waals surface area contributed by atoms with Gasteiger partial charge in [-0.1, -0.05) is 31.1 Å². The molecule has 1 heterocycles. The predicted molar refractivity (Wildman–Crippen MR) is 124 cm³/mol. The lowest BCUT2D eigenvalue weighted by Gasteiger charge is -2.10. The van der Waals surface area contributed by atoms with Crippen molar-refractivity contribution in [2.45, 2.75) is 39.8 Å². The Morgan fingerprint density at radius 2 is 1.90 bits per heavy atom. The SMILES string of the molecule is CCNC(=NCC(=O)NCc1ccc(OC)cc1)NCc1cc(C(C)C)no1.I. The molecule has 2 rings (SSSR count). The molecule has 1 aromatic carbocycles. The van der Waals surface area contributed by atoms with Gasteiger partial charge in [-0.05, 0) is 30.5 Å². The Hall–Kier alpha value is -2.30. The first-order valence-corrected chi connectivity index (χ1v) is 9.39. The third-order valence-electron chi connectivity index (χ3n) is 3.97. The Morgan fingerprint density at radius 1 is 1.17 bits per heavy atom. The van der Waals surface area contributed by atoms with Crippen LogP contribution in [-0.4, -0.2) is 37.2 Å². The fourth-order valence-corrected chi connectivity index (χ4v) is 2.35. The molecule has 0 atom stereocenters. The topological polar surface area (TPSA) is 101 Å². The number of hydrogen-bond donors (Lipinski definition) is 3. The van der Waals surface area contributed by atoms with Gasteiger partial charge in [-0.15, -0.1) is 24.0 Å². The monoisotopic (exact) mass is 515 g/mol. The number of nitrogens with zero attached hydrogens (tertiary/aromatic N) is 2. The maximum Gasteiger partial charge on any atom is 0.242 e.